The largest absolute Gasteiger partial charge is 0.324 e. The number of halogens is 1. The second kappa shape index (κ2) is 6.42. The Kier molecular flexibility index (Phi) is 4.84. The van der Waals surface area contributed by atoms with E-state index in [9.17, 15) is 4.39 Å². The number of hydrogen-bond acceptors (Lipinski definition) is 2. The van der Waals surface area contributed by atoms with Crippen molar-refractivity contribution in [2.24, 2.45) is 5.73 Å². The van der Waals surface area contributed by atoms with E-state index in [1.54, 1.807) is 6.07 Å². The van der Waals surface area contributed by atoms with Gasteiger partial charge >= 0.3 is 0 Å². The van der Waals surface area contributed by atoms with Crippen molar-refractivity contribution in [3.63, 3.8) is 0 Å². The van der Waals surface area contributed by atoms with Crippen LogP contribution in [-0.2, 0) is 0 Å². The first kappa shape index (κ1) is 15.1. The summed E-state index contributed by atoms with van der Waals surface area (Å²) in [5.41, 5.74) is 7.87. The predicted molar refractivity (Wildman–Crippen MR) is 83.7 cm³/mol. The van der Waals surface area contributed by atoms with Crippen molar-refractivity contribution in [3.8, 4) is 0 Å². The van der Waals surface area contributed by atoms with Gasteiger partial charge in [0.1, 0.15) is 5.82 Å². The predicted octanol–water partition coefficient (Wildman–Crippen LogP) is 5.12. The van der Waals surface area contributed by atoms with Crippen LogP contribution in [0.2, 0.25) is 0 Å². The maximum Gasteiger partial charge on any atom is 0.137 e. The fourth-order valence-electron chi connectivity index (χ4n) is 1.93. The van der Waals surface area contributed by atoms with Gasteiger partial charge in [-0.2, -0.15) is 0 Å². The van der Waals surface area contributed by atoms with Crippen LogP contribution in [0.3, 0.4) is 0 Å². The molecular weight excluding hydrogens is 269 g/mol. The van der Waals surface area contributed by atoms with Crippen molar-refractivity contribution in [2.75, 3.05) is 0 Å². The highest BCUT2D eigenvalue weighted by atomic mass is 32.2. The van der Waals surface area contributed by atoms with Crippen LogP contribution in [-0.4, -0.2) is 0 Å². The Morgan fingerprint density at radius 2 is 1.55 bits per heavy atom. The molecule has 0 aliphatic carbocycles. The Labute approximate surface area is 124 Å². The molecule has 0 saturated carbocycles. The molecule has 2 N–H and O–H groups in total. The second-order valence-corrected chi connectivity index (χ2v) is 6.42. The Bertz CT molecular complexity index is 576. The number of benzene rings is 2. The molecule has 0 aliphatic rings. The lowest BCUT2D eigenvalue weighted by Gasteiger charge is -2.09. The van der Waals surface area contributed by atoms with Gasteiger partial charge in [0.2, 0.25) is 0 Å². The topological polar surface area (TPSA) is 26.0 Å². The maximum atomic E-state index is 14.0. The average molecular weight is 289 g/mol. The van der Waals surface area contributed by atoms with Crippen LogP contribution in [0, 0.1) is 5.82 Å². The Morgan fingerprint density at radius 3 is 2.05 bits per heavy atom. The minimum atomic E-state index is -0.210. The van der Waals surface area contributed by atoms with E-state index in [1.165, 1.54) is 23.4 Å². The van der Waals surface area contributed by atoms with Crippen molar-refractivity contribution in [1.29, 1.82) is 0 Å². The van der Waals surface area contributed by atoms with E-state index in [-0.39, 0.29) is 11.9 Å². The highest BCUT2D eigenvalue weighted by Gasteiger charge is 2.08. The summed E-state index contributed by atoms with van der Waals surface area (Å²) >= 11 is 1.44. The lowest BCUT2D eigenvalue weighted by molar-refractivity contribution is 0.596. The molecule has 0 saturated heterocycles. The fourth-order valence-corrected chi connectivity index (χ4v) is 2.75. The van der Waals surface area contributed by atoms with Gasteiger partial charge in [-0.25, -0.2) is 4.39 Å². The number of nitrogens with two attached hydrogens (primary N) is 1. The molecule has 1 nitrogen and oxygen atoms in total. The smallest absolute Gasteiger partial charge is 0.137 e. The summed E-state index contributed by atoms with van der Waals surface area (Å²) in [7, 11) is 0. The van der Waals surface area contributed by atoms with Crippen LogP contribution in [0.5, 0.6) is 0 Å². The minimum absolute atomic E-state index is 0.145. The van der Waals surface area contributed by atoms with Gasteiger partial charge in [0, 0.05) is 15.8 Å². The molecule has 0 spiro atoms. The van der Waals surface area contributed by atoms with Gasteiger partial charge in [0.05, 0.1) is 0 Å². The monoisotopic (exact) mass is 289 g/mol. The molecule has 2 rings (SSSR count). The number of hydrogen-bond donors (Lipinski definition) is 1. The minimum Gasteiger partial charge on any atom is -0.324 e. The standard InChI is InChI=1S/C17H20FNS/c1-11(2)13-4-7-15(8-5-13)20-17-9-6-14(12(3)19)10-16(17)18/h4-12H,19H2,1-3H3/t12-/m0/s1. The van der Waals surface area contributed by atoms with Crippen LogP contribution in [0.25, 0.3) is 0 Å². The zero-order valence-electron chi connectivity index (χ0n) is 12.1. The van der Waals surface area contributed by atoms with E-state index in [4.69, 9.17) is 5.73 Å². The van der Waals surface area contributed by atoms with Crippen LogP contribution in [0.4, 0.5) is 4.39 Å². The van der Waals surface area contributed by atoms with Crippen LogP contribution < -0.4 is 5.73 Å². The lowest BCUT2D eigenvalue weighted by Crippen LogP contribution is -2.05. The molecule has 3 heteroatoms. The summed E-state index contributed by atoms with van der Waals surface area (Å²) < 4.78 is 14.0. The van der Waals surface area contributed by atoms with E-state index >= 15 is 0 Å². The van der Waals surface area contributed by atoms with Crippen LogP contribution in [0.15, 0.2) is 52.3 Å². The van der Waals surface area contributed by atoms with E-state index in [0.717, 1.165) is 10.5 Å². The first-order chi connectivity index (χ1) is 9.47. The molecule has 0 aliphatic heterocycles. The van der Waals surface area contributed by atoms with Gasteiger partial charge in [-0.15, -0.1) is 0 Å². The van der Waals surface area contributed by atoms with Crippen LogP contribution in [0.1, 0.15) is 43.9 Å². The molecule has 2 aromatic rings. The second-order valence-electron chi connectivity index (χ2n) is 5.30. The number of rotatable bonds is 4. The molecule has 20 heavy (non-hydrogen) atoms. The Balaban J connectivity index is 2.17. The SMILES string of the molecule is CC(C)c1ccc(Sc2ccc([C@H](C)N)cc2F)cc1. The van der Waals surface area contributed by atoms with Gasteiger partial charge in [0.25, 0.3) is 0 Å². The molecule has 2 aromatic carbocycles. The van der Waals surface area contributed by atoms with E-state index in [2.05, 4.69) is 26.0 Å². The first-order valence-corrected chi connectivity index (χ1v) is 7.62. The van der Waals surface area contributed by atoms with Crippen LogP contribution >= 0.6 is 11.8 Å². The third-order valence-electron chi connectivity index (χ3n) is 3.26. The van der Waals surface area contributed by atoms with Crippen molar-refractivity contribution in [2.45, 2.75) is 42.5 Å². The van der Waals surface area contributed by atoms with Crippen molar-refractivity contribution >= 4 is 11.8 Å². The fraction of sp³-hybridized carbons (Fsp3) is 0.294. The van der Waals surface area contributed by atoms with Gasteiger partial charge < -0.3 is 5.73 Å². The first-order valence-electron chi connectivity index (χ1n) is 6.80. The molecular formula is C17H20FNS. The van der Waals surface area contributed by atoms with Crippen molar-refractivity contribution in [3.05, 3.63) is 59.4 Å². The summed E-state index contributed by atoms with van der Waals surface area (Å²) in [4.78, 5) is 1.67. The zero-order valence-corrected chi connectivity index (χ0v) is 12.9. The average Bonchev–Trinajstić information content (AvgIpc) is 2.41. The van der Waals surface area contributed by atoms with Gasteiger partial charge in [-0.3, -0.25) is 0 Å². The molecule has 1 atom stereocenters. The van der Waals surface area contributed by atoms with E-state index < -0.39 is 0 Å². The molecule has 0 radical (unpaired) electrons. The van der Waals surface area contributed by atoms with E-state index in [1.807, 2.05) is 25.1 Å². The molecule has 0 heterocycles. The van der Waals surface area contributed by atoms with Gasteiger partial charge in [-0.1, -0.05) is 43.8 Å². The Hall–Kier alpha value is -1.32. The van der Waals surface area contributed by atoms with E-state index in [0.29, 0.717) is 10.8 Å². The zero-order chi connectivity index (χ0) is 14.7. The summed E-state index contributed by atoms with van der Waals surface area (Å²) in [6.07, 6.45) is 0. The van der Waals surface area contributed by atoms with Crippen molar-refractivity contribution < 1.29 is 4.39 Å². The summed E-state index contributed by atoms with van der Waals surface area (Å²) in [5, 5.41) is 0. The Morgan fingerprint density at radius 1 is 0.950 bits per heavy atom. The van der Waals surface area contributed by atoms with Gasteiger partial charge in [-0.05, 0) is 48.2 Å². The molecule has 106 valence electrons. The summed E-state index contributed by atoms with van der Waals surface area (Å²) in [5.74, 6) is 0.300. The molecule has 0 aromatic heterocycles. The lowest BCUT2D eigenvalue weighted by atomic mass is 10.0. The molecule has 0 unspecified atom stereocenters. The summed E-state index contributed by atoms with van der Waals surface area (Å²) in [6, 6.07) is 13.3. The molecule has 0 amide bonds. The highest BCUT2D eigenvalue weighted by molar-refractivity contribution is 7.99. The highest BCUT2D eigenvalue weighted by Crippen LogP contribution is 2.31. The third kappa shape index (κ3) is 3.62. The maximum absolute atomic E-state index is 14.0. The molecule has 0 bridgehead atoms. The summed E-state index contributed by atoms with van der Waals surface area (Å²) in [6.45, 7) is 6.18. The van der Waals surface area contributed by atoms with Crippen molar-refractivity contribution in [1.82, 2.24) is 0 Å². The van der Waals surface area contributed by atoms with Gasteiger partial charge in [0.15, 0.2) is 0 Å². The molecule has 0 fully saturated rings. The third-order valence-corrected chi connectivity index (χ3v) is 4.32. The normalized spacial score (nSPS) is 12.7. The quantitative estimate of drug-likeness (QED) is 0.845.